The number of rotatable bonds is 6. The SMILES string of the molecule is COP(=O)(OP(=O)(OC)C(C)C)C(C)C. The second-order valence-corrected chi connectivity index (χ2v) is 9.32. The van der Waals surface area contributed by atoms with Crippen LogP contribution in [0.1, 0.15) is 27.7 Å². The van der Waals surface area contributed by atoms with Gasteiger partial charge in [0.25, 0.3) is 0 Å². The second-order valence-electron chi connectivity index (χ2n) is 3.71. The van der Waals surface area contributed by atoms with Crippen molar-refractivity contribution in [2.75, 3.05) is 14.2 Å². The molecule has 92 valence electrons. The van der Waals surface area contributed by atoms with Crippen LogP contribution in [0.3, 0.4) is 0 Å². The van der Waals surface area contributed by atoms with E-state index < -0.39 is 15.2 Å². The summed E-state index contributed by atoms with van der Waals surface area (Å²) in [5.41, 5.74) is -0.713. The summed E-state index contributed by atoms with van der Waals surface area (Å²) < 4.78 is 38.9. The Kier molecular flexibility index (Phi) is 5.73. The van der Waals surface area contributed by atoms with E-state index in [0.29, 0.717) is 0 Å². The van der Waals surface area contributed by atoms with Gasteiger partial charge in [-0.3, -0.25) is 9.13 Å². The van der Waals surface area contributed by atoms with Gasteiger partial charge in [0.05, 0.1) is 11.3 Å². The largest absolute Gasteiger partial charge is 0.340 e. The van der Waals surface area contributed by atoms with Crippen LogP contribution in [0.2, 0.25) is 0 Å². The van der Waals surface area contributed by atoms with Crippen LogP contribution in [-0.4, -0.2) is 25.5 Å². The van der Waals surface area contributed by atoms with E-state index in [1.54, 1.807) is 27.7 Å². The topological polar surface area (TPSA) is 61.8 Å². The summed E-state index contributed by atoms with van der Waals surface area (Å²) in [5, 5.41) is 0. The molecule has 0 spiro atoms. The minimum atomic E-state index is -3.35. The summed E-state index contributed by atoms with van der Waals surface area (Å²) in [6.45, 7) is 6.74. The Morgan fingerprint density at radius 1 is 0.800 bits per heavy atom. The fraction of sp³-hybridized carbons (Fsp3) is 1.00. The first kappa shape index (κ1) is 15.3. The molecule has 0 bridgehead atoms. The summed E-state index contributed by atoms with van der Waals surface area (Å²) in [6.07, 6.45) is 0. The summed E-state index contributed by atoms with van der Waals surface area (Å²) in [7, 11) is -4.15. The normalized spacial score (nSPS) is 20.3. The van der Waals surface area contributed by atoms with Gasteiger partial charge in [0.2, 0.25) is 0 Å². The molecule has 0 rings (SSSR count). The fourth-order valence-corrected chi connectivity index (χ4v) is 4.99. The second kappa shape index (κ2) is 5.60. The molecule has 0 radical (unpaired) electrons. The molecule has 2 atom stereocenters. The van der Waals surface area contributed by atoms with Crippen molar-refractivity contribution in [3.05, 3.63) is 0 Å². The van der Waals surface area contributed by atoms with Crippen LogP contribution in [0.25, 0.3) is 0 Å². The zero-order chi connectivity index (χ0) is 12.3. The highest BCUT2D eigenvalue weighted by Gasteiger charge is 2.40. The van der Waals surface area contributed by atoms with Gasteiger partial charge in [-0.05, 0) is 0 Å². The van der Waals surface area contributed by atoms with E-state index in [2.05, 4.69) is 0 Å². The Bertz CT molecular complexity index is 259. The predicted octanol–water partition coefficient (Wildman–Crippen LogP) is 3.50. The van der Waals surface area contributed by atoms with Crippen molar-refractivity contribution in [1.82, 2.24) is 0 Å². The molecular formula is C8H20O5P2. The van der Waals surface area contributed by atoms with Crippen LogP contribution in [0.15, 0.2) is 0 Å². The maximum Gasteiger partial charge on any atom is 0.340 e. The molecule has 5 nitrogen and oxygen atoms in total. The Morgan fingerprint density at radius 3 is 1.20 bits per heavy atom. The number of hydrogen-bond donors (Lipinski definition) is 0. The van der Waals surface area contributed by atoms with Gasteiger partial charge in [0, 0.05) is 14.2 Å². The predicted molar refractivity (Wildman–Crippen MR) is 60.6 cm³/mol. The summed E-state index contributed by atoms with van der Waals surface area (Å²) in [5.74, 6) is 0. The monoisotopic (exact) mass is 258 g/mol. The first-order valence-corrected chi connectivity index (χ1v) is 7.96. The molecule has 0 aliphatic carbocycles. The molecule has 0 saturated heterocycles. The van der Waals surface area contributed by atoms with Crippen LogP contribution >= 0.6 is 15.2 Å². The third-order valence-electron chi connectivity index (χ3n) is 2.00. The molecule has 0 saturated carbocycles. The summed E-state index contributed by atoms with van der Waals surface area (Å²) in [4.78, 5) is 0. The Balaban J connectivity index is 4.98. The van der Waals surface area contributed by atoms with Crippen molar-refractivity contribution in [3.8, 4) is 0 Å². The molecule has 0 aromatic rings. The van der Waals surface area contributed by atoms with Gasteiger partial charge in [0.15, 0.2) is 0 Å². The molecule has 7 heteroatoms. The number of hydrogen-bond acceptors (Lipinski definition) is 5. The van der Waals surface area contributed by atoms with Crippen molar-refractivity contribution >= 4 is 15.2 Å². The zero-order valence-corrected chi connectivity index (χ0v) is 11.9. The molecule has 0 heterocycles. The molecular weight excluding hydrogens is 238 g/mol. The molecule has 0 aromatic carbocycles. The van der Waals surface area contributed by atoms with Crippen LogP contribution in [0, 0.1) is 0 Å². The minimum Gasteiger partial charge on any atom is -0.311 e. The van der Waals surface area contributed by atoms with E-state index in [4.69, 9.17) is 13.4 Å². The molecule has 2 unspecified atom stereocenters. The van der Waals surface area contributed by atoms with E-state index in [1.807, 2.05) is 0 Å². The van der Waals surface area contributed by atoms with E-state index in [9.17, 15) is 9.13 Å². The standard InChI is InChI=1S/C8H20O5P2/c1-7(2)14(9,11-5)13-15(10,12-6)8(3)4/h7-8H,1-6H3. The highest BCUT2D eigenvalue weighted by atomic mass is 31.3. The molecule has 0 aromatic heterocycles. The maximum atomic E-state index is 12.1. The maximum absolute atomic E-state index is 12.1. The van der Waals surface area contributed by atoms with Crippen LogP contribution in [0.4, 0.5) is 0 Å². The van der Waals surface area contributed by atoms with Crippen molar-refractivity contribution < 1.29 is 22.5 Å². The third-order valence-corrected chi connectivity index (χ3v) is 7.37. The van der Waals surface area contributed by atoms with Crippen LogP contribution < -0.4 is 0 Å². The van der Waals surface area contributed by atoms with Gasteiger partial charge >= 0.3 is 15.2 Å². The van der Waals surface area contributed by atoms with Crippen molar-refractivity contribution in [3.63, 3.8) is 0 Å². The fourth-order valence-electron chi connectivity index (χ4n) is 0.835. The molecule has 0 aliphatic heterocycles. The van der Waals surface area contributed by atoms with Gasteiger partial charge in [-0.25, -0.2) is 4.31 Å². The van der Waals surface area contributed by atoms with Gasteiger partial charge in [-0.2, -0.15) is 0 Å². The lowest BCUT2D eigenvalue weighted by molar-refractivity contribution is 0.267. The van der Waals surface area contributed by atoms with Crippen molar-refractivity contribution in [2.24, 2.45) is 0 Å². The van der Waals surface area contributed by atoms with Crippen molar-refractivity contribution in [1.29, 1.82) is 0 Å². The first-order valence-electron chi connectivity index (χ1n) is 4.74. The zero-order valence-electron chi connectivity index (χ0n) is 10.1. The van der Waals surface area contributed by atoms with E-state index in [-0.39, 0.29) is 11.3 Å². The molecule has 0 N–H and O–H groups in total. The quantitative estimate of drug-likeness (QED) is 0.682. The summed E-state index contributed by atoms with van der Waals surface area (Å²) >= 11 is 0. The third kappa shape index (κ3) is 3.69. The van der Waals surface area contributed by atoms with Gasteiger partial charge in [-0.1, -0.05) is 27.7 Å². The highest BCUT2D eigenvalue weighted by Crippen LogP contribution is 2.68. The highest BCUT2D eigenvalue weighted by molar-refractivity contribution is 7.67. The summed E-state index contributed by atoms with van der Waals surface area (Å²) in [6, 6.07) is 0. The van der Waals surface area contributed by atoms with E-state index in [1.165, 1.54) is 14.2 Å². The minimum absolute atomic E-state index is 0.357. The van der Waals surface area contributed by atoms with Crippen LogP contribution in [0.5, 0.6) is 0 Å². The smallest absolute Gasteiger partial charge is 0.311 e. The van der Waals surface area contributed by atoms with E-state index in [0.717, 1.165) is 0 Å². The Hall–Kier alpha value is 0.340. The first-order chi connectivity index (χ1) is 6.72. The Labute approximate surface area is 91.6 Å². The van der Waals surface area contributed by atoms with Crippen LogP contribution in [-0.2, 0) is 22.5 Å². The molecule has 0 aliphatic rings. The average molecular weight is 258 g/mol. The lowest BCUT2D eigenvalue weighted by Gasteiger charge is -2.26. The molecule has 15 heavy (non-hydrogen) atoms. The molecule has 0 amide bonds. The average Bonchev–Trinajstić information content (AvgIpc) is 2.16. The van der Waals surface area contributed by atoms with Gasteiger partial charge in [0.1, 0.15) is 0 Å². The lowest BCUT2D eigenvalue weighted by Crippen LogP contribution is -2.08. The van der Waals surface area contributed by atoms with Crippen molar-refractivity contribution in [2.45, 2.75) is 39.0 Å². The van der Waals surface area contributed by atoms with Gasteiger partial charge in [-0.15, -0.1) is 0 Å². The Morgan fingerprint density at radius 2 is 1.07 bits per heavy atom. The van der Waals surface area contributed by atoms with Gasteiger partial charge < -0.3 is 9.05 Å². The molecule has 0 fully saturated rings. The lowest BCUT2D eigenvalue weighted by atomic mass is 10.6. The van der Waals surface area contributed by atoms with E-state index >= 15 is 0 Å².